The van der Waals surface area contributed by atoms with E-state index in [1.165, 1.54) is 8.05 Å². The molecule has 0 heterocycles. The Bertz CT molecular complexity index is 93.1. The molecule has 0 aliphatic rings. The van der Waals surface area contributed by atoms with Crippen LogP contribution >= 0.6 is 0 Å². The van der Waals surface area contributed by atoms with Crippen LogP contribution in [0, 0.1) is 5.41 Å². The van der Waals surface area contributed by atoms with Crippen molar-refractivity contribution in [2.75, 3.05) is 0 Å². The van der Waals surface area contributed by atoms with Gasteiger partial charge in [-0.2, -0.15) is 0 Å². The molecule has 0 rings (SSSR count). The lowest BCUT2D eigenvalue weighted by molar-refractivity contribution is -0.142. The van der Waals surface area contributed by atoms with Gasteiger partial charge in [-0.05, 0) is 20.8 Å². The third-order valence-electron chi connectivity index (χ3n) is 0.798. The van der Waals surface area contributed by atoms with Gasteiger partial charge in [-0.3, -0.25) is 4.79 Å². The number of hydrogen-bond donors (Lipinski definition) is 0. The molecule has 0 aliphatic heterocycles. The van der Waals surface area contributed by atoms with Crippen molar-refractivity contribution in [1.82, 2.24) is 0 Å². The summed E-state index contributed by atoms with van der Waals surface area (Å²) in [5, 5.41) is 0. The van der Waals surface area contributed by atoms with Crippen LogP contribution in [-0.2, 0) is 9.45 Å². The van der Waals surface area contributed by atoms with E-state index in [9.17, 15) is 4.79 Å². The molecule has 0 saturated carbocycles. The van der Waals surface area contributed by atoms with Gasteiger partial charge in [-0.15, -0.1) is 0 Å². The number of carbonyl (C=O) groups excluding carboxylic acids is 1. The molecule has 2 nitrogen and oxygen atoms in total. The van der Waals surface area contributed by atoms with Crippen LogP contribution in [0.25, 0.3) is 0 Å². The van der Waals surface area contributed by atoms with Crippen molar-refractivity contribution in [2.24, 2.45) is 5.41 Å². The molecule has 0 aliphatic carbocycles. The standard InChI is InChI=1S/C5H11BO2/c1-5(2,3)4(7)8-6/h6H2,1-3H3. The first-order chi connectivity index (χ1) is 3.48. The van der Waals surface area contributed by atoms with E-state index in [1.807, 2.05) is 20.8 Å². The molecule has 46 valence electrons. The van der Waals surface area contributed by atoms with E-state index in [4.69, 9.17) is 0 Å². The number of rotatable bonds is 0. The van der Waals surface area contributed by atoms with Gasteiger partial charge in [0.15, 0.2) is 0 Å². The van der Waals surface area contributed by atoms with Gasteiger partial charge in [0.2, 0.25) is 0 Å². The first-order valence-corrected chi connectivity index (χ1v) is 2.57. The normalized spacial score (nSPS) is 10.9. The van der Waals surface area contributed by atoms with Crippen molar-refractivity contribution < 1.29 is 9.45 Å². The molecule has 0 atom stereocenters. The molecule has 0 saturated heterocycles. The SMILES string of the molecule is BOC(=O)C(C)(C)C. The molecule has 0 unspecified atom stereocenters. The fourth-order valence-electron chi connectivity index (χ4n) is 0.306. The van der Waals surface area contributed by atoms with Gasteiger partial charge in [0.25, 0.3) is 5.97 Å². The van der Waals surface area contributed by atoms with E-state index in [-0.39, 0.29) is 11.4 Å². The average Bonchev–Trinajstić information content (AvgIpc) is 1.62. The number of hydrogen-bond acceptors (Lipinski definition) is 2. The Hall–Kier alpha value is -0.465. The topological polar surface area (TPSA) is 26.3 Å². The zero-order chi connectivity index (χ0) is 6.78. The fraction of sp³-hybridized carbons (Fsp3) is 0.800. The van der Waals surface area contributed by atoms with Gasteiger partial charge in [-0.25, -0.2) is 0 Å². The van der Waals surface area contributed by atoms with Crippen molar-refractivity contribution >= 4 is 14.0 Å². The summed E-state index contributed by atoms with van der Waals surface area (Å²) >= 11 is 0. The third-order valence-corrected chi connectivity index (χ3v) is 0.798. The molecule has 0 bridgehead atoms. The molecule has 8 heavy (non-hydrogen) atoms. The van der Waals surface area contributed by atoms with Crippen molar-refractivity contribution in [2.45, 2.75) is 20.8 Å². The largest absolute Gasteiger partial charge is 0.543 e. The van der Waals surface area contributed by atoms with E-state index in [2.05, 4.69) is 4.65 Å². The molecule has 0 spiro atoms. The molecule has 0 aromatic rings. The van der Waals surface area contributed by atoms with Crippen LogP contribution in [0.4, 0.5) is 0 Å². The molecule has 3 heteroatoms. The van der Waals surface area contributed by atoms with Crippen molar-refractivity contribution in [3.05, 3.63) is 0 Å². The smallest absolute Gasteiger partial charge is 0.325 e. The van der Waals surface area contributed by atoms with Crippen LogP contribution in [-0.4, -0.2) is 14.0 Å². The van der Waals surface area contributed by atoms with Crippen LogP contribution in [0.15, 0.2) is 0 Å². The second-order valence-corrected chi connectivity index (χ2v) is 2.74. The van der Waals surface area contributed by atoms with Gasteiger partial charge >= 0.3 is 8.05 Å². The number of carbonyl (C=O) groups is 1. The summed E-state index contributed by atoms with van der Waals surface area (Å²) in [5.41, 5.74) is -0.352. The predicted molar refractivity (Wildman–Crippen MR) is 34.1 cm³/mol. The molecule has 0 aromatic heterocycles. The molecule has 0 aromatic carbocycles. The first-order valence-electron chi connectivity index (χ1n) is 2.57. The Morgan fingerprint density at radius 2 is 1.88 bits per heavy atom. The Morgan fingerprint density at radius 1 is 1.50 bits per heavy atom. The van der Waals surface area contributed by atoms with E-state index >= 15 is 0 Å². The van der Waals surface area contributed by atoms with Crippen molar-refractivity contribution in [1.29, 1.82) is 0 Å². The highest BCUT2D eigenvalue weighted by atomic mass is 16.5. The van der Waals surface area contributed by atoms with Gasteiger partial charge in [0.05, 0.1) is 5.41 Å². The predicted octanol–water partition coefficient (Wildman–Crippen LogP) is 0.124. The molecular formula is C5H11BO2. The van der Waals surface area contributed by atoms with E-state index in [1.54, 1.807) is 0 Å². The maximum Gasteiger partial charge on any atom is 0.325 e. The Labute approximate surface area is 50.7 Å². The summed E-state index contributed by atoms with van der Waals surface area (Å²) in [6.45, 7) is 5.45. The summed E-state index contributed by atoms with van der Waals surface area (Å²) in [4.78, 5) is 10.6. The van der Waals surface area contributed by atoms with Crippen LogP contribution in [0.3, 0.4) is 0 Å². The highest BCUT2D eigenvalue weighted by Gasteiger charge is 2.20. The van der Waals surface area contributed by atoms with Crippen LogP contribution in [0.5, 0.6) is 0 Å². The molecule has 0 N–H and O–H groups in total. The summed E-state index contributed by atoms with van der Waals surface area (Å²) in [7, 11) is 1.40. The lowest BCUT2D eigenvalue weighted by Gasteiger charge is -2.14. The minimum atomic E-state index is -0.352. The molecular weight excluding hydrogens is 103 g/mol. The zero-order valence-corrected chi connectivity index (χ0v) is 5.82. The van der Waals surface area contributed by atoms with Gasteiger partial charge in [-0.1, -0.05) is 0 Å². The minimum absolute atomic E-state index is 0.169. The lowest BCUT2D eigenvalue weighted by atomic mass is 9.97. The van der Waals surface area contributed by atoms with Crippen molar-refractivity contribution in [3.8, 4) is 0 Å². The second-order valence-electron chi connectivity index (χ2n) is 2.74. The van der Waals surface area contributed by atoms with Gasteiger partial charge in [0.1, 0.15) is 0 Å². The fourth-order valence-corrected chi connectivity index (χ4v) is 0.306. The Morgan fingerprint density at radius 3 is 1.88 bits per heavy atom. The molecule has 0 amide bonds. The third kappa shape index (κ3) is 2.00. The van der Waals surface area contributed by atoms with E-state index < -0.39 is 0 Å². The zero-order valence-electron chi connectivity index (χ0n) is 5.82. The molecule has 0 fully saturated rings. The van der Waals surface area contributed by atoms with E-state index in [0.29, 0.717) is 0 Å². The van der Waals surface area contributed by atoms with E-state index in [0.717, 1.165) is 0 Å². The highest BCUT2D eigenvalue weighted by molar-refractivity contribution is 6.06. The monoisotopic (exact) mass is 114 g/mol. The minimum Gasteiger partial charge on any atom is -0.543 e. The van der Waals surface area contributed by atoms with Crippen LogP contribution in [0.2, 0.25) is 0 Å². The average molecular weight is 114 g/mol. The summed E-state index contributed by atoms with van der Waals surface area (Å²) in [6, 6.07) is 0. The van der Waals surface area contributed by atoms with Gasteiger partial charge in [0, 0.05) is 0 Å². The van der Waals surface area contributed by atoms with Crippen LogP contribution < -0.4 is 0 Å². The Balaban J connectivity index is 3.82. The van der Waals surface area contributed by atoms with Gasteiger partial charge < -0.3 is 4.65 Å². The Kier molecular flexibility index (Phi) is 2.07. The maximum atomic E-state index is 10.6. The maximum absolute atomic E-state index is 10.6. The van der Waals surface area contributed by atoms with Crippen LogP contribution in [0.1, 0.15) is 20.8 Å². The quantitative estimate of drug-likeness (QED) is 0.418. The summed E-state index contributed by atoms with van der Waals surface area (Å²) in [5.74, 6) is -0.169. The summed E-state index contributed by atoms with van der Waals surface area (Å²) < 4.78 is 4.48. The summed E-state index contributed by atoms with van der Waals surface area (Å²) in [6.07, 6.45) is 0. The van der Waals surface area contributed by atoms with Crippen molar-refractivity contribution in [3.63, 3.8) is 0 Å². The first kappa shape index (κ1) is 7.53. The molecule has 0 radical (unpaired) electrons. The highest BCUT2D eigenvalue weighted by Crippen LogP contribution is 2.13. The lowest BCUT2D eigenvalue weighted by Crippen LogP contribution is -2.21. The second kappa shape index (κ2) is 2.20.